The molecule has 2 heterocycles. The van der Waals surface area contributed by atoms with Crippen LogP contribution in [0.25, 0.3) is 16.2 Å². The van der Waals surface area contributed by atoms with Crippen molar-refractivity contribution in [3.63, 3.8) is 0 Å². The molecule has 1 aliphatic rings. The number of carbonyl (C=O) groups is 1. The molecule has 5 nitrogen and oxygen atoms in total. The van der Waals surface area contributed by atoms with E-state index < -0.39 is 0 Å². The minimum absolute atomic E-state index is 0.129. The number of para-hydroxylation sites is 1. The summed E-state index contributed by atoms with van der Waals surface area (Å²) in [5.41, 5.74) is 2.60. The Morgan fingerprint density at radius 2 is 2.04 bits per heavy atom. The first kappa shape index (κ1) is 15.2. The second-order valence-electron chi connectivity index (χ2n) is 6.20. The largest absolute Gasteiger partial charge is 0.335 e. The number of benzene rings is 1. The maximum atomic E-state index is 12.3. The van der Waals surface area contributed by atoms with Crippen molar-refractivity contribution in [1.82, 2.24) is 14.7 Å². The Bertz CT molecular complexity index is 819. The minimum atomic E-state index is -0.129. The van der Waals surface area contributed by atoms with E-state index in [-0.39, 0.29) is 6.03 Å². The molecule has 1 saturated carbocycles. The Balaban J connectivity index is 1.53. The molecule has 3 aromatic rings. The number of anilines is 1. The van der Waals surface area contributed by atoms with Crippen LogP contribution < -0.4 is 10.6 Å². The standard InChI is InChI=1S/C18H20N4OS/c23-17(19-13-6-2-1-3-7-13)20-15-9-5-4-8-14(15)16-12-22-10-11-24-18(22)21-16/h4-5,8-13H,1-3,6-7H2,(H2,19,20,23). The molecule has 6 heteroatoms. The van der Waals surface area contributed by atoms with Gasteiger partial charge in [-0.15, -0.1) is 11.3 Å². The number of nitrogens with one attached hydrogen (secondary N) is 2. The Hall–Kier alpha value is -2.34. The van der Waals surface area contributed by atoms with Gasteiger partial charge >= 0.3 is 6.03 Å². The lowest BCUT2D eigenvalue weighted by molar-refractivity contribution is 0.244. The number of amides is 2. The molecule has 0 aliphatic heterocycles. The van der Waals surface area contributed by atoms with E-state index in [1.165, 1.54) is 19.3 Å². The summed E-state index contributed by atoms with van der Waals surface area (Å²) in [5, 5.41) is 8.10. The first-order valence-electron chi connectivity index (χ1n) is 8.39. The summed E-state index contributed by atoms with van der Waals surface area (Å²) < 4.78 is 2.00. The lowest BCUT2D eigenvalue weighted by Gasteiger charge is -2.23. The van der Waals surface area contributed by atoms with Crippen LogP contribution >= 0.6 is 11.3 Å². The van der Waals surface area contributed by atoms with E-state index in [2.05, 4.69) is 15.6 Å². The van der Waals surface area contributed by atoms with Gasteiger partial charge in [-0.25, -0.2) is 9.78 Å². The topological polar surface area (TPSA) is 58.4 Å². The highest BCUT2D eigenvalue weighted by Gasteiger charge is 2.17. The third-order valence-electron chi connectivity index (χ3n) is 4.48. The number of hydrogen-bond donors (Lipinski definition) is 2. The fraction of sp³-hybridized carbons (Fsp3) is 0.333. The molecule has 0 atom stereocenters. The smallest absolute Gasteiger partial charge is 0.319 e. The minimum Gasteiger partial charge on any atom is -0.335 e. The van der Waals surface area contributed by atoms with Crippen LogP contribution in [0.3, 0.4) is 0 Å². The molecule has 0 spiro atoms. The molecule has 2 N–H and O–H groups in total. The summed E-state index contributed by atoms with van der Waals surface area (Å²) >= 11 is 1.60. The van der Waals surface area contributed by atoms with Gasteiger partial charge in [-0.1, -0.05) is 37.5 Å². The first-order chi connectivity index (χ1) is 11.8. The number of fused-ring (bicyclic) bond motifs is 1. The lowest BCUT2D eigenvalue weighted by atomic mass is 9.96. The number of rotatable bonds is 3. The van der Waals surface area contributed by atoms with Crippen molar-refractivity contribution in [2.45, 2.75) is 38.1 Å². The summed E-state index contributed by atoms with van der Waals surface area (Å²) in [6.07, 6.45) is 9.81. The average molecular weight is 340 g/mol. The number of imidazole rings is 1. The van der Waals surface area contributed by atoms with Crippen LogP contribution in [0.4, 0.5) is 10.5 Å². The van der Waals surface area contributed by atoms with Crippen LogP contribution in [-0.4, -0.2) is 21.5 Å². The van der Waals surface area contributed by atoms with E-state index in [1.54, 1.807) is 11.3 Å². The molecule has 0 radical (unpaired) electrons. The van der Waals surface area contributed by atoms with Gasteiger partial charge in [0.15, 0.2) is 4.96 Å². The molecule has 0 unspecified atom stereocenters. The van der Waals surface area contributed by atoms with Gasteiger partial charge in [0, 0.05) is 29.4 Å². The second-order valence-corrected chi connectivity index (χ2v) is 7.07. The molecule has 1 aromatic carbocycles. The summed E-state index contributed by atoms with van der Waals surface area (Å²) in [6.45, 7) is 0. The van der Waals surface area contributed by atoms with Crippen LogP contribution in [-0.2, 0) is 0 Å². The number of aromatic nitrogens is 2. The molecule has 2 amide bonds. The van der Waals surface area contributed by atoms with Crippen LogP contribution in [0.5, 0.6) is 0 Å². The average Bonchev–Trinajstić information content (AvgIpc) is 3.18. The second kappa shape index (κ2) is 6.65. The zero-order valence-corrected chi connectivity index (χ0v) is 14.2. The highest BCUT2D eigenvalue weighted by molar-refractivity contribution is 7.15. The maximum absolute atomic E-state index is 12.3. The van der Waals surface area contributed by atoms with Gasteiger partial charge in [0.2, 0.25) is 0 Å². The molecular weight excluding hydrogens is 320 g/mol. The van der Waals surface area contributed by atoms with E-state index in [0.717, 1.165) is 34.7 Å². The molecule has 1 aliphatic carbocycles. The molecule has 1 fully saturated rings. The van der Waals surface area contributed by atoms with Gasteiger partial charge < -0.3 is 10.6 Å². The van der Waals surface area contributed by atoms with Crippen LogP contribution in [0.15, 0.2) is 42.0 Å². The molecule has 0 bridgehead atoms. The van der Waals surface area contributed by atoms with Crippen molar-refractivity contribution in [2.75, 3.05) is 5.32 Å². The van der Waals surface area contributed by atoms with Gasteiger partial charge in [0.1, 0.15) is 0 Å². The SMILES string of the molecule is O=C(Nc1ccccc1-c1cn2ccsc2n1)NC1CCCCC1. The van der Waals surface area contributed by atoms with Crippen LogP contribution in [0, 0.1) is 0 Å². The van der Waals surface area contributed by atoms with E-state index >= 15 is 0 Å². The van der Waals surface area contributed by atoms with Crippen molar-refractivity contribution in [3.05, 3.63) is 42.0 Å². The van der Waals surface area contributed by atoms with Crippen molar-refractivity contribution in [3.8, 4) is 11.3 Å². The molecule has 24 heavy (non-hydrogen) atoms. The third kappa shape index (κ3) is 3.14. The molecule has 0 saturated heterocycles. The molecule has 4 rings (SSSR count). The van der Waals surface area contributed by atoms with Gasteiger partial charge in [-0.05, 0) is 18.9 Å². The molecule has 2 aromatic heterocycles. The van der Waals surface area contributed by atoms with Crippen molar-refractivity contribution < 1.29 is 4.79 Å². The summed E-state index contributed by atoms with van der Waals surface area (Å²) in [4.78, 5) is 17.9. The Morgan fingerprint density at radius 3 is 2.88 bits per heavy atom. The normalized spacial score (nSPS) is 15.5. The van der Waals surface area contributed by atoms with Crippen molar-refractivity contribution >= 4 is 28.0 Å². The predicted octanol–water partition coefficient (Wildman–Crippen LogP) is 4.52. The van der Waals surface area contributed by atoms with Crippen molar-refractivity contribution in [1.29, 1.82) is 0 Å². The third-order valence-corrected chi connectivity index (χ3v) is 5.26. The fourth-order valence-electron chi connectivity index (χ4n) is 3.26. The highest BCUT2D eigenvalue weighted by Crippen LogP contribution is 2.28. The zero-order valence-electron chi connectivity index (χ0n) is 13.4. The van der Waals surface area contributed by atoms with Gasteiger partial charge in [-0.2, -0.15) is 0 Å². The Labute approximate surface area is 144 Å². The maximum Gasteiger partial charge on any atom is 0.319 e. The van der Waals surface area contributed by atoms with Gasteiger partial charge in [-0.3, -0.25) is 4.40 Å². The first-order valence-corrected chi connectivity index (χ1v) is 9.27. The fourth-order valence-corrected chi connectivity index (χ4v) is 3.96. The lowest BCUT2D eigenvalue weighted by Crippen LogP contribution is -2.39. The number of carbonyl (C=O) groups excluding carboxylic acids is 1. The van der Waals surface area contributed by atoms with Gasteiger partial charge in [0.25, 0.3) is 0 Å². The molecule has 124 valence electrons. The predicted molar refractivity (Wildman–Crippen MR) is 97.5 cm³/mol. The Kier molecular flexibility index (Phi) is 4.21. The monoisotopic (exact) mass is 340 g/mol. The number of hydrogen-bond acceptors (Lipinski definition) is 3. The van der Waals surface area contributed by atoms with Crippen molar-refractivity contribution in [2.24, 2.45) is 0 Å². The quantitative estimate of drug-likeness (QED) is 0.736. The Morgan fingerprint density at radius 1 is 1.21 bits per heavy atom. The zero-order chi connectivity index (χ0) is 16.4. The molecular formula is C18H20N4OS. The number of urea groups is 1. The number of thiazole rings is 1. The van der Waals surface area contributed by atoms with Crippen LogP contribution in [0.2, 0.25) is 0 Å². The highest BCUT2D eigenvalue weighted by atomic mass is 32.1. The van der Waals surface area contributed by atoms with Crippen LogP contribution in [0.1, 0.15) is 32.1 Å². The van der Waals surface area contributed by atoms with E-state index in [4.69, 9.17) is 0 Å². The summed E-state index contributed by atoms with van der Waals surface area (Å²) in [7, 11) is 0. The van der Waals surface area contributed by atoms with E-state index in [9.17, 15) is 4.79 Å². The van der Waals surface area contributed by atoms with E-state index in [0.29, 0.717) is 6.04 Å². The van der Waals surface area contributed by atoms with Gasteiger partial charge in [0.05, 0.1) is 11.4 Å². The summed E-state index contributed by atoms with van der Waals surface area (Å²) in [6, 6.07) is 7.97. The van der Waals surface area contributed by atoms with E-state index in [1.807, 2.05) is 46.4 Å². The number of nitrogens with zero attached hydrogens (tertiary/aromatic N) is 2. The summed E-state index contributed by atoms with van der Waals surface area (Å²) in [5.74, 6) is 0.